The Labute approximate surface area is 120 Å². The van der Waals surface area contributed by atoms with E-state index in [9.17, 15) is 14.9 Å². The highest BCUT2D eigenvalue weighted by atomic mass is 16.6. The molecule has 1 aromatic heterocycles. The molecule has 0 unspecified atom stereocenters. The number of rotatable bonds is 5. The molecular weight excluding hydrogens is 274 g/mol. The van der Waals surface area contributed by atoms with Crippen LogP contribution < -0.4 is 5.32 Å². The van der Waals surface area contributed by atoms with Crippen LogP contribution in [0.1, 0.15) is 21.6 Å². The highest BCUT2D eigenvalue weighted by Gasteiger charge is 2.11. The van der Waals surface area contributed by atoms with Gasteiger partial charge in [-0.2, -0.15) is 0 Å². The van der Waals surface area contributed by atoms with Crippen LogP contribution in [-0.2, 0) is 6.54 Å². The monoisotopic (exact) mass is 287 g/mol. The Balaban J connectivity index is 2.04. The van der Waals surface area contributed by atoms with Crippen molar-refractivity contribution in [1.82, 2.24) is 4.98 Å². The van der Waals surface area contributed by atoms with Gasteiger partial charge in [0.15, 0.2) is 0 Å². The first kappa shape index (κ1) is 14.4. The molecule has 7 heteroatoms. The second-order valence-corrected chi connectivity index (χ2v) is 4.41. The highest BCUT2D eigenvalue weighted by molar-refractivity contribution is 5.87. The molecule has 0 aliphatic carbocycles. The molecule has 0 atom stereocenters. The summed E-state index contributed by atoms with van der Waals surface area (Å²) in [5.41, 5.74) is 1.43. The molecule has 0 spiro atoms. The molecule has 1 heterocycles. The lowest BCUT2D eigenvalue weighted by Crippen LogP contribution is -2.04. The van der Waals surface area contributed by atoms with Crippen molar-refractivity contribution in [1.29, 1.82) is 0 Å². The van der Waals surface area contributed by atoms with Crippen LogP contribution in [0.2, 0.25) is 0 Å². The van der Waals surface area contributed by atoms with Gasteiger partial charge in [-0.3, -0.25) is 10.1 Å². The number of nitro groups is 1. The molecule has 0 saturated heterocycles. The number of nitrogens with zero attached hydrogens (tertiary/aromatic N) is 2. The van der Waals surface area contributed by atoms with Crippen LogP contribution in [0, 0.1) is 17.0 Å². The standard InChI is InChI=1S/C14H13N3O4/c1-9-12(17(20)21)6-7-13(16-9)15-8-10-2-4-11(5-3-10)14(18)19/h2-7H,8H2,1H3,(H,15,16)(H,18,19). The van der Waals surface area contributed by atoms with E-state index in [1.54, 1.807) is 19.1 Å². The van der Waals surface area contributed by atoms with Gasteiger partial charge in [0.05, 0.1) is 10.5 Å². The normalized spacial score (nSPS) is 10.1. The number of carbonyl (C=O) groups is 1. The lowest BCUT2D eigenvalue weighted by atomic mass is 10.1. The molecule has 0 radical (unpaired) electrons. The molecule has 2 rings (SSSR count). The summed E-state index contributed by atoms with van der Waals surface area (Å²) >= 11 is 0. The largest absolute Gasteiger partial charge is 0.478 e. The van der Waals surface area contributed by atoms with Gasteiger partial charge in [-0.1, -0.05) is 12.1 Å². The number of carboxylic acid groups (broad SMARTS) is 1. The average molecular weight is 287 g/mol. The van der Waals surface area contributed by atoms with Crippen molar-refractivity contribution < 1.29 is 14.8 Å². The summed E-state index contributed by atoms with van der Waals surface area (Å²) in [5, 5.41) is 22.5. The molecule has 0 aliphatic rings. The number of aryl methyl sites for hydroxylation is 1. The number of aromatic carboxylic acids is 1. The van der Waals surface area contributed by atoms with Crippen LogP contribution in [0.15, 0.2) is 36.4 Å². The number of carboxylic acids is 1. The first-order valence-corrected chi connectivity index (χ1v) is 6.15. The zero-order valence-corrected chi connectivity index (χ0v) is 11.2. The number of hydrogen-bond donors (Lipinski definition) is 2. The predicted molar refractivity (Wildman–Crippen MR) is 76.4 cm³/mol. The molecule has 108 valence electrons. The van der Waals surface area contributed by atoms with Crippen molar-refractivity contribution >= 4 is 17.5 Å². The Bertz CT molecular complexity index is 683. The minimum Gasteiger partial charge on any atom is -0.478 e. The van der Waals surface area contributed by atoms with E-state index in [1.165, 1.54) is 24.3 Å². The van der Waals surface area contributed by atoms with E-state index in [2.05, 4.69) is 10.3 Å². The molecule has 2 aromatic rings. The third-order valence-electron chi connectivity index (χ3n) is 2.93. The fraction of sp³-hybridized carbons (Fsp3) is 0.143. The summed E-state index contributed by atoms with van der Waals surface area (Å²) in [5.74, 6) is -0.442. The first-order chi connectivity index (χ1) is 9.97. The maximum atomic E-state index is 10.7. The maximum absolute atomic E-state index is 10.7. The third kappa shape index (κ3) is 3.53. The van der Waals surface area contributed by atoms with E-state index in [1.807, 2.05) is 0 Å². The van der Waals surface area contributed by atoms with Crippen LogP contribution in [0.25, 0.3) is 0 Å². The van der Waals surface area contributed by atoms with Crippen molar-refractivity contribution in [3.05, 3.63) is 63.3 Å². The van der Waals surface area contributed by atoms with Crippen LogP contribution in [-0.4, -0.2) is 21.0 Å². The molecule has 21 heavy (non-hydrogen) atoms. The summed E-state index contributed by atoms with van der Waals surface area (Å²) in [6.45, 7) is 2.02. The van der Waals surface area contributed by atoms with Gasteiger partial charge in [0, 0.05) is 12.6 Å². The molecule has 7 nitrogen and oxygen atoms in total. The van der Waals surface area contributed by atoms with Gasteiger partial charge in [0.2, 0.25) is 0 Å². The number of hydrogen-bond acceptors (Lipinski definition) is 5. The van der Waals surface area contributed by atoms with E-state index < -0.39 is 10.9 Å². The highest BCUT2D eigenvalue weighted by Crippen LogP contribution is 2.18. The fourth-order valence-corrected chi connectivity index (χ4v) is 1.80. The fourth-order valence-electron chi connectivity index (χ4n) is 1.80. The Morgan fingerprint density at radius 3 is 2.48 bits per heavy atom. The predicted octanol–water partition coefficient (Wildman–Crippen LogP) is 2.61. The maximum Gasteiger partial charge on any atom is 0.335 e. The summed E-state index contributed by atoms with van der Waals surface area (Å²) in [6, 6.07) is 9.39. The lowest BCUT2D eigenvalue weighted by molar-refractivity contribution is -0.385. The number of nitrogens with one attached hydrogen (secondary N) is 1. The van der Waals surface area contributed by atoms with Crippen LogP contribution in [0.3, 0.4) is 0 Å². The van der Waals surface area contributed by atoms with Crippen molar-refractivity contribution in [2.24, 2.45) is 0 Å². The van der Waals surface area contributed by atoms with Crippen molar-refractivity contribution in [2.75, 3.05) is 5.32 Å². The third-order valence-corrected chi connectivity index (χ3v) is 2.93. The van der Waals surface area contributed by atoms with Crippen LogP contribution in [0.5, 0.6) is 0 Å². The number of pyridine rings is 1. The summed E-state index contributed by atoms with van der Waals surface area (Å²) in [6.07, 6.45) is 0. The Morgan fingerprint density at radius 1 is 1.29 bits per heavy atom. The number of benzene rings is 1. The SMILES string of the molecule is Cc1nc(NCc2ccc(C(=O)O)cc2)ccc1[N+](=O)[O-]. The van der Waals surface area contributed by atoms with E-state index in [-0.39, 0.29) is 11.3 Å². The van der Waals surface area contributed by atoms with Gasteiger partial charge in [-0.15, -0.1) is 0 Å². The van der Waals surface area contributed by atoms with Crippen molar-refractivity contribution in [3.63, 3.8) is 0 Å². The van der Waals surface area contributed by atoms with Gasteiger partial charge in [-0.25, -0.2) is 9.78 Å². The molecular formula is C14H13N3O4. The summed E-state index contributed by atoms with van der Waals surface area (Å²) < 4.78 is 0. The van der Waals surface area contributed by atoms with Gasteiger partial charge in [-0.05, 0) is 30.7 Å². The molecule has 0 fully saturated rings. The first-order valence-electron chi connectivity index (χ1n) is 6.15. The zero-order chi connectivity index (χ0) is 15.4. The average Bonchev–Trinajstić information content (AvgIpc) is 2.45. The van der Waals surface area contributed by atoms with E-state index in [4.69, 9.17) is 5.11 Å². The Hall–Kier alpha value is -2.96. The second kappa shape index (κ2) is 6.00. The van der Waals surface area contributed by atoms with Crippen LogP contribution >= 0.6 is 0 Å². The summed E-state index contributed by atoms with van der Waals surface area (Å²) in [7, 11) is 0. The van der Waals surface area contributed by atoms with Crippen molar-refractivity contribution in [3.8, 4) is 0 Å². The number of aromatic nitrogens is 1. The van der Waals surface area contributed by atoms with Crippen molar-refractivity contribution in [2.45, 2.75) is 13.5 Å². The lowest BCUT2D eigenvalue weighted by Gasteiger charge is -2.07. The molecule has 0 bridgehead atoms. The molecule has 0 amide bonds. The van der Waals surface area contributed by atoms with Gasteiger partial charge >= 0.3 is 5.97 Å². The Morgan fingerprint density at radius 2 is 1.95 bits per heavy atom. The van der Waals surface area contributed by atoms with E-state index >= 15 is 0 Å². The minimum atomic E-state index is -0.970. The molecule has 1 aromatic carbocycles. The van der Waals surface area contributed by atoms with Gasteiger partial charge < -0.3 is 10.4 Å². The minimum absolute atomic E-state index is 0.0219. The number of anilines is 1. The smallest absolute Gasteiger partial charge is 0.335 e. The molecule has 0 saturated carbocycles. The topological polar surface area (TPSA) is 105 Å². The Kier molecular flexibility index (Phi) is 4.13. The second-order valence-electron chi connectivity index (χ2n) is 4.41. The quantitative estimate of drug-likeness (QED) is 0.646. The molecule has 2 N–H and O–H groups in total. The van der Waals surface area contributed by atoms with Gasteiger partial charge in [0.25, 0.3) is 5.69 Å². The van der Waals surface area contributed by atoms with Crippen LogP contribution in [0.4, 0.5) is 11.5 Å². The van der Waals surface area contributed by atoms with E-state index in [0.29, 0.717) is 18.1 Å². The zero-order valence-electron chi connectivity index (χ0n) is 11.2. The molecule has 0 aliphatic heterocycles. The van der Waals surface area contributed by atoms with E-state index in [0.717, 1.165) is 5.56 Å². The van der Waals surface area contributed by atoms with Gasteiger partial charge in [0.1, 0.15) is 11.5 Å². The summed E-state index contributed by atoms with van der Waals surface area (Å²) in [4.78, 5) is 25.1.